The first-order valence-electron chi connectivity index (χ1n) is 5.26. The molecular weight excluding hydrogens is 216 g/mol. The van der Waals surface area contributed by atoms with Crippen LogP contribution in [0.5, 0.6) is 0 Å². The third kappa shape index (κ3) is 2.44. The largest absolute Gasteiger partial charge is 0.409 e. The maximum Gasteiger partial charge on any atom is 0.186 e. The number of aryl methyl sites for hydroxylation is 1. The summed E-state index contributed by atoms with van der Waals surface area (Å²) >= 11 is 0. The van der Waals surface area contributed by atoms with Gasteiger partial charge in [0.2, 0.25) is 0 Å². The summed E-state index contributed by atoms with van der Waals surface area (Å²) in [6, 6.07) is 9.50. The minimum Gasteiger partial charge on any atom is -0.409 e. The van der Waals surface area contributed by atoms with Crippen molar-refractivity contribution in [1.82, 2.24) is 9.55 Å². The SMILES string of the molecule is Cc1cccc(Cn2cccc2/C(N)=N/O)n1. The van der Waals surface area contributed by atoms with E-state index in [4.69, 9.17) is 10.9 Å². The predicted molar refractivity (Wildman–Crippen MR) is 65.0 cm³/mol. The molecule has 88 valence electrons. The maximum absolute atomic E-state index is 8.68. The van der Waals surface area contributed by atoms with Crippen molar-refractivity contribution in [1.29, 1.82) is 0 Å². The van der Waals surface area contributed by atoms with E-state index < -0.39 is 0 Å². The van der Waals surface area contributed by atoms with Crippen molar-refractivity contribution in [2.45, 2.75) is 13.5 Å². The van der Waals surface area contributed by atoms with Gasteiger partial charge < -0.3 is 15.5 Å². The van der Waals surface area contributed by atoms with Crippen LogP contribution < -0.4 is 5.73 Å². The number of amidine groups is 1. The normalized spacial score (nSPS) is 11.7. The van der Waals surface area contributed by atoms with Gasteiger partial charge in [-0.05, 0) is 31.2 Å². The summed E-state index contributed by atoms with van der Waals surface area (Å²) < 4.78 is 1.89. The van der Waals surface area contributed by atoms with Gasteiger partial charge in [-0.25, -0.2) is 0 Å². The Balaban J connectivity index is 2.28. The molecule has 0 saturated heterocycles. The minimum atomic E-state index is 0.0997. The zero-order chi connectivity index (χ0) is 12.3. The van der Waals surface area contributed by atoms with E-state index in [-0.39, 0.29) is 5.84 Å². The van der Waals surface area contributed by atoms with Crippen LogP contribution in [0, 0.1) is 6.92 Å². The molecule has 0 saturated carbocycles. The van der Waals surface area contributed by atoms with Gasteiger partial charge in [0.25, 0.3) is 0 Å². The molecule has 5 heteroatoms. The molecule has 5 nitrogen and oxygen atoms in total. The van der Waals surface area contributed by atoms with E-state index in [0.29, 0.717) is 12.2 Å². The Hall–Kier alpha value is -2.30. The molecule has 0 amide bonds. The van der Waals surface area contributed by atoms with E-state index in [9.17, 15) is 0 Å². The second kappa shape index (κ2) is 4.69. The van der Waals surface area contributed by atoms with Crippen molar-refractivity contribution in [2.75, 3.05) is 0 Å². The molecule has 2 heterocycles. The van der Waals surface area contributed by atoms with Crippen molar-refractivity contribution in [2.24, 2.45) is 10.9 Å². The highest BCUT2D eigenvalue weighted by molar-refractivity contribution is 5.95. The lowest BCUT2D eigenvalue weighted by molar-refractivity contribution is 0.318. The number of hydrogen-bond donors (Lipinski definition) is 2. The van der Waals surface area contributed by atoms with Crippen LogP contribution in [0.1, 0.15) is 17.1 Å². The van der Waals surface area contributed by atoms with E-state index in [1.54, 1.807) is 6.07 Å². The van der Waals surface area contributed by atoms with Crippen molar-refractivity contribution in [3.63, 3.8) is 0 Å². The lowest BCUT2D eigenvalue weighted by atomic mass is 10.3. The van der Waals surface area contributed by atoms with Crippen LogP contribution in [-0.4, -0.2) is 20.6 Å². The molecule has 17 heavy (non-hydrogen) atoms. The van der Waals surface area contributed by atoms with Crippen LogP contribution in [0.25, 0.3) is 0 Å². The van der Waals surface area contributed by atoms with Crippen molar-refractivity contribution >= 4 is 5.84 Å². The van der Waals surface area contributed by atoms with Crippen LogP contribution >= 0.6 is 0 Å². The molecule has 0 bridgehead atoms. The molecule has 2 aromatic rings. The van der Waals surface area contributed by atoms with Crippen molar-refractivity contribution < 1.29 is 5.21 Å². The second-order valence-electron chi connectivity index (χ2n) is 3.78. The lowest BCUT2D eigenvalue weighted by Gasteiger charge is -2.07. The quantitative estimate of drug-likeness (QED) is 0.361. The van der Waals surface area contributed by atoms with Crippen LogP contribution in [0.3, 0.4) is 0 Å². The number of oxime groups is 1. The number of rotatable bonds is 3. The van der Waals surface area contributed by atoms with Crippen LogP contribution in [0.4, 0.5) is 0 Å². The molecule has 0 radical (unpaired) electrons. The average molecular weight is 230 g/mol. The maximum atomic E-state index is 8.68. The molecule has 0 aromatic carbocycles. The van der Waals surface area contributed by atoms with Gasteiger partial charge in [-0.3, -0.25) is 4.98 Å². The fourth-order valence-electron chi connectivity index (χ4n) is 1.70. The highest BCUT2D eigenvalue weighted by Crippen LogP contribution is 2.06. The molecular formula is C12H14N4O. The Bertz CT molecular complexity index is 545. The molecule has 2 rings (SSSR count). The summed E-state index contributed by atoms with van der Waals surface area (Å²) in [6.07, 6.45) is 1.87. The van der Waals surface area contributed by atoms with E-state index in [1.165, 1.54) is 0 Å². The van der Waals surface area contributed by atoms with Gasteiger partial charge in [0, 0.05) is 11.9 Å². The molecule has 0 aliphatic carbocycles. The molecule has 3 N–H and O–H groups in total. The van der Waals surface area contributed by atoms with Gasteiger partial charge in [0.1, 0.15) is 0 Å². The molecule has 0 spiro atoms. The standard InChI is InChI=1S/C12H14N4O/c1-9-4-2-5-10(14-9)8-16-7-3-6-11(16)12(13)15-17/h2-7,17H,8H2,1H3,(H2,13,15). The highest BCUT2D eigenvalue weighted by Gasteiger charge is 2.06. The summed E-state index contributed by atoms with van der Waals surface area (Å²) in [5.74, 6) is 0.0997. The number of nitrogens with zero attached hydrogens (tertiary/aromatic N) is 3. The topological polar surface area (TPSA) is 76.4 Å². The number of nitrogens with two attached hydrogens (primary N) is 1. The Labute approximate surface area is 99.2 Å². The van der Waals surface area contributed by atoms with E-state index in [2.05, 4.69) is 10.1 Å². The first-order chi connectivity index (χ1) is 8.20. The molecule has 0 fully saturated rings. The van der Waals surface area contributed by atoms with Gasteiger partial charge >= 0.3 is 0 Å². The Morgan fingerprint density at radius 3 is 2.94 bits per heavy atom. The van der Waals surface area contributed by atoms with Gasteiger partial charge in [0.15, 0.2) is 5.84 Å². The third-order valence-electron chi connectivity index (χ3n) is 2.48. The third-order valence-corrected chi connectivity index (χ3v) is 2.48. The monoisotopic (exact) mass is 230 g/mol. The fourth-order valence-corrected chi connectivity index (χ4v) is 1.70. The molecule has 0 aliphatic heterocycles. The Morgan fingerprint density at radius 1 is 1.41 bits per heavy atom. The van der Waals surface area contributed by atoms with Gasteiger partial charge in [-0.2, -0.15) is 0 Å². The molecule has 0 atom stereocenters. The van der Waals surface area contributed by atoms with E-state index in [1.807, 2.05) is 42.0 Å². The zero-order valence-corrected chi connectivity index (χ0v) is 9.54. The van der Waals surface area contributed by atoms with Crippen LogP contribution in [-0.2, 0) is 6.54 Å². The number of pyridine rings is 1. The zero-order valence-electron chi connectivity index (χ0n) is 9.54. The molecule has 0 unspecified atom stereocenters. The second-order valence-corrected chi connectivity index (χ2v) is 3.78. The lowest BCUT2D eigenvalue weighted by Crippen LogP contribution is -2.18. The molecule has 2 aromatic heterocycles. The summed E-state index contributed by atoms with van der Waals surface area (Å²) in [4.78, 5) is 4.41. The Morgan fingerprint density at radius 2 is 2.24 bits per heavy atom. The predicted octanol–water partition coefficient (Wildman–Crippen LogP) is 1.33. The van der Waals surface area contributed by atoms with Gasteiger partial charge in [0.05, 0.1) is 17.9 Å². The van der Waals surface area contributed by atoms with Crippen LogP contribution in [0.15, 0.2) is 41.7 Å². The van der Waals surface area contributed by atoms with Crippen molar-refractivity contribution in [3.8, 4) is 0 Å². The van der Waals surface area contributed by atoms with E-state index in [0.717, 1.165) is 11.4 Å². The average Bonchev–Trinajstić information content (AvgIpc) is 2.76. The van der Waals surface area contributed by atoms with Crippen LogP contribution in [0.2, 0.25) is 0 Å². The summed E-state index contributed by atoms with van der Waals surface area (Å²) in [7, 11) is 0. The van der Waals surface area contributed by atoms with Crippen molar-refractivity contribution in [3.05, 3.63) is 53.6 Å². The van der Waals surface area contributed by atoms with Gasteiger partial charge in [-0.1, -0.05) is 11.2 Å². The van der Waals surface area contributed by atoms with Gasteiger partial charge in [-0.15, -0.1) is 0 Å². The summed E-state index contributed by atoms with van der Waals surface area (Å²) in [6.45, 7) is 2.55. The smallest absolute Gasteiger partial charge is 0.186 e. The first-order valence-corrected chi connectivity index (χ1v) is 5.26. The summed E-state index contributed by atoms with van der Waals surface area (Å²) in [5, 5.41) is 11.7. The Kier molecular flexibility index (Phi) is 3.09. The molecule has 0 aliphatic rings. The fraction of sp³-hybridized carbons (Fsp3) is 0.167. The highest BCUT2D eigenvalue weighted by atomic mass is 16.4. The number of hydrogen-bond acceptors (Lipinski definition) is 3. The minimum absolute atomic E-state index is 0.0997. The van der Waals surface area contributed by atoms with E-state index >= 15 is 0 Å². The summed E-state index contributed by atoms with van der Waals surface area (Å²) in [5.41, 5.74) is 8.17. The first kappa shape index (κ1) is 11.2. The number of aromatic nitrogens is 2.